The Labute approximate surface area is 268 Å². The summed E-state index contributed by atoms with van der Waals surface area (Å²) in [5, 5.41) is 160. The van der Waals surface area contributed by atoms with Gasteiger partial charge in [0.05, 0.1) is 37.7 Å². The molecule has 0 bridgehead atoms. The van der Waals surface area contributed by atoms with E-state index in [1.807, 2.05) is 0 Å². The van der Waals surface area contributed by atoms with Crippen LogP contribution in [0.4, 0.5) is 0 Å². The van der Waals surface area contributed by atoms with E-state index in [1.165, 1.54) is 0 Å². The molecule has 0 fully saturated rings. The van der Waals surface area contributed by atoms with Crippen LogP contribution in [0.3, 0.4) is 0 Å². The van der Waals surface area contributed by atoms with E-state index >= 15 is 0 Å². The summed E-state index contributed by atoms with van der Waals surface area (Å²) < 4.78 is 0. The molecule has 21 nitrogen and oxygen atoms in total. The second-order valence-electron chi connectivity index (χ2n) is 7.48. The van der Waals surface area contributed by atoms with Gasteiger partial charge in [-0.1, -0.05) is 0 Å². The van der Waals surface area contributed by atoms with Crippen molar-refractivity contribution in [3.63, 3.8) is 0 Å². The molecule has 0 aromatic heterocycles. The van der Waals surface area contributed by atoms with Crippen molar-refractivity contribution in [1.29, 1.82) is 0 Å². The molecule has 0 spiro atoms. The van der Waals surface area contributed by atoms with Crippen LogP contribution in [0.2, 0.25) is 0 Å². The summed E-state index contributed by atoms with van der Waals surface area (Å²) in [6.45, 7) is -2.59. The van der Waals surface area contributed by atoms with Crippen LogP contribution in [0, 0.1) is 0 Å². The van der Waals surface area contributed by atoms with E-state index in [-0.39, 0.29) is 52.6 Å². The second kappa shape index (κ2) is 26.0. The number of aliphatic hydroxyl groups is 15. The molecule has 0 saturated heterocycles. The summed E-state index contributed by atoms with van der Waals surface area (Å²) >= 11 is 0. The smallest absolute Gasteiger partial charge is 0.547 e. The molecule has 41 heavy (non-hydrogen) atoms. The van der Waals surface area contributed by atoms with Gasteiger partial charge in [0.2, 0.25) is 0 Å². The fourth-order valence-corrected chi connectivity index (χ4v) is 1.99. The van der Waals surface area contributed by atoms with E-state index in [0.29, 0.717) is 0 Å². The third kappa shape index (κ3) is 19.5. The van der Waals surface area contributed by atoms with Crippen molar-refractivity contribution in [2.45, 2.75) is 73.2 Å². The predicted octanol–water partition coefficient (Wildman–Crippen LogP) is -17.9. The third-order valence-corrected chi connectivity index (χ3v) is 4.49. The molecule has 0 heterocycles. The van der Waals surface area contributed by atoms with Gasteiger partial charge in [-0.3, -0.25) is 0 Å². The van der Waals surface area contributed by atoms with Crippen LogP contribution in [0.25, 0.3) is 0 Å². The van der Waals surface area contributed by atoms with Gasteiger partial charge in [-0.25, -0.2) is 0 Å². The molecule has 12 atom stereocenters. The van der Waals surface area contributed by atoms with Gasteiger partial charge in [0.25, 0.3) is 0 Å². The zero-order valence-corrected chi connectivity index (χ0v) is 24.8. The van der Waals surface area contributed by atoms with Crippen molar-refractivity contribution >= 4 is 41.0 Å². The molecule has 0 aliphatic carbocycles. The Balaban J connectivity index is -0.000000154. The number of carboxylic acid groups (broad SMARTS) is 3. The zero-order valence-electron chi connectivity index (χ0n) is 21.4. The first kappa shape index (κ1) is 50.2. The number of rotatable bonds is 15. The number of aliphatic carboxylic acids is 3. The first-order valence-corrected chi connectivity index (χ1v) is 10.4. The standard InChI is InChI=1S/3C6H12O7.Mg.Na/c3*7-1-2(8)3(9)4(10)5(11)6(12)13;;/h3*2-5,7-11H,1H2,(H,12,13);;/q;;;+2;+1/p-3/t3*2-,3-,4+,5-;;/m111../s1. The Morgan fingerprint density at radius 3 is 0.659 bits per heavy atom. The summed E-state index contributed by atoms with van der Waals surface area (Å²) in [7, 11) is 0. The summed E-state index contributed by atoms with van der Waals surface area (Å²) in [4.78, 5) is 29.9. The Kier molecular flexibility index (Phi) is 31.9. The maximum atomic E-state index is 9.98. The molecule has 0 amide bonds. The van der Waals surface area contributed by atoms with E-state index in [9.17, 15) is 29.7 Å². The largest absolute Gasteiger partial charge is 2.00 e. The number of hydrogen-bond acceptors (Lipinski definition) is 21. The van der Waals surface area contributed by atoms with Crippen LogP contribution in [-0.2, 0) is 14.4 Å². The van der Waals surface area contributed by atoms with E-state index in [0.717, 1.165) is 0 Å². The van der Waals surface area contributed by atoms with Gasteiger partial charge < -0.3 is 106 Å². The quantitative estimate of drug-likeness (QED) is 0.0744. The first-order valence-electron chi connectivity index (χ1n) is 10.4. The zero-order chi connectivity index (χ0) is 31.8. The predicted molar refractivity (Wildman–Crippen MR) is 114 cm³/mol. The van der Waals surface area contributed by atoms with Gasteiger partial charge in [0.1, 0.15) is 73.2 Å². The van der Waals surface area contributed by atoms with Crippen molar-refractivity contribution in [3.8, 4) is 0 Å². The van der Waals surface area contributed by atoms with Crippen molar-refractivity contribution in [2.75, 3.05) is 19.8 Å². The number of carboxylic acids is 3. The number of carbonyl (C=O) groups is 3. The normalized spacial score (nSPS) is 19.4. The maximum absolute atomic E-state index is 9.98. The monoisotopic (exact) mass is 632 g/mol. The Morgan fingerprint density at radius 1 is 0.415 bits per heavy atom. The van der Waals surface area contributed by atoms with Crippen molar-refractivity contribution in [3.05, 3.63) is 0 Å². The van der Waals surface area contributed by atoms with E-state index in [1.54, 1.807) is 0 Å². The molecule has 0 rings (SSSR count). The van der Waals surface area contributed by atoms with E-state index in [4.69, 9.17) is 76.6 Å². The Morgan fingerprint density at radius 2 is 0.561 bits per heavy atom. The fraction of sp³-hybridized carbons (Fsp3) is 0.833. The molecule has 0 radical (unpaired) electrons. The number of hydrogen-bond donors (Lipinski definition) is 15. The van der Waals surface area contributed by atoms with Crippen LogP contribution in [0.1, 0.15) is 0 Å². The van der Waals surface area contributed by atoms with Gasteiger partial charge in [0, 0.05) is 0 Å². The van der Waals surface area contributed by atoms with Crippen LogP contribution in [0.5, 0.6) is 0 Å². The minimum atomic E-state index is -2.31. The van der Waals surface area contributed by atoms with Gasteiger partial charge in [-0.15, -0.1) is 0 Å². The molecule has 0 unspecified atom stereocenters. The molecule has 0 aliphatic heterocycles. The molecule has 0 saturated carbocycles. The van der Waals surface area contributed by atoms with Gasteiger partial charge >= 0.3 is 52.6 Å². The SMILES string of the molecule is O=C([O-])[C@H](O)[C@@H](O)[C@H](O)[C@H](O)CO.O=C([O-])[C@H](O)[C@@H](O)[C@H](O)[C@H](O)CO.O=C([O-])[C@H](O)[C@@H](O)[C@H](O)[C@H](O)CO.[Mg+2].[Na+]. The van der Waals surface area contributed by atoms with Crippen LogP contribution in [-0.4, -0.2) is 211 Å². The average molecular weight is 633 g/mol. The van der Waals surface area contributed by atoms with Gasteiger partial charge in [-0.2, -0.15) is 0 Å². The molecule has 23 heteroatoms. The maximum Gasteiger partial charge on any atom is 2.00 e. The minimum Gasteiger partial charge on any atom is -0.547 e. The summed E-state index contributed by atoms with van der Waals surface area (Å²) in [5.41, 5.74) is 0. The summed E-state index contributed by atoms with van der Waals surface area (Å²) in [6.07, 6.45) is -24.2. The molecular weight excluding hydrogens is 599 g/mol. The summed E-state index contributed by atoms with van der Waals surface area (Å²) in [6, 6.07) is 0. The van der Waals surface area contributed by atoms with Crippen molar-refractivity contribution in [2.24, 2.45) is 0 Å². The Hall–Kier alpha value is -0.424. The Bertz CT molecular complexity index is 615. The molecule has 0 aromatic carbocycles. The molecule has 0 aromatic rings. The van der Waals surface area contributed by atoms with Crippen molar-refractivity contribution < 1.29 is 136 Å². The van der Waals surface area contributed by atoms with Crippen molar-refractivity contribution in [1.82, 2.24) is 0 Å². The van der Waals surface area contributed by atoms with Crippen LogP contribution >= 0.6 is 0 Å². The topological polar surface area (TPSA) is 424 Å². The first-order chi connectivity index (χ1) is 17.7. The second-order valence-corrected chi connectivity index (χ2v) is 7.48. The van der Waals surface area contributed by atoms with E-state index in [2.05, 4.69) is 0 Å². The average Bonchev–Trinajstić information content (AvgIpc) is 2.92. The molecule has 15 N–H and O–H groups in total. The third-order valence-electron chi connectivity index (χ3n) is 4.49. The summed E-state index contributed by atoms with van der Waals surface area (Å²) in [5.74, 6) is -5.93. The fourth-order valence-electron chi connectivity index (χ4n) is 1.99. The molecular formula is C18H33MgNaO21. The van der Waals surface area contributed by atoms with Gasteiger partial charge in [-0.05, 0) is 0 Å². The van der Waals surface area contributed by atoms with Crippen LogP contribution < -0.4 is 44.9 Å². The number of aliphatic hydroxyl groups excluding tert-OH is 15. The van der Waals surface area contributed by atoms with E-state index < -0.39 is 111 Å². The minimum absolute atomic E-state index is 0. The van der Waals surface area contributed by atoms with Crippen LogP contribution in [0.15, 0.2) is 0 Å². The van der Waals surface area contributed by atoms with Gasteiger partial charge in [0.15, 0.2) is 0 Å². The number of carbonyl (C=O) groups excluding carboxylic acids is 3. The molecule has 0 aliphatic rings. The molecule has 234 valence electrons.